The van der Waals surface area contributed by atoms with Gasteiger partial charge in [0.25, 0.3) is 5.91 Å². The number of aromatic nitrogens is 1. The first kappa shape index (κ1) is 18.3. The lowest BCUT2D eigenvalue weighted by molar-refractivity contribution is 0.0734. The van der Waals surface area contributed by atoms with E-state index in [1.54, 1.807) is 60.7 Å². The van der Waals surface area contributed by atoms with Crippen molar-refractivity contribution >= 4 is 29.7 Å². The first-order valence-electron chi connectivity index (χ1n) is 7.94. The van der Waals surface area contributed by atoms with Crippen LogP contribution in [0.5, 0.6) is 5.75 Å². The molecule has 3 rings (SSSR count). The van der Waals surface area contributed by atoms with E-state index in [9.17, 15) is 9.59 Å². The zero-order valence-electron chi connectivity index (χ0n) is 14.0. The largest absolute Gasteiger partial charge is 0.423 e. The molecule has 1 heterocycles. The fourth-order valence-electron chi connectivity index (χ4n) is 2.14. The molecule has 0 fully saturated rings. The van der Waals surface area contributed by atoms with Crippen LogP contribution in [0.4, 0.5) is 0 Å². The quantitative estimate of drug-likeness (QED) is 0.317. The molecule has 0 saturated carbocycles. The number of carbonyl (C=O) groups excluding carboxylic acids is 2. The molecule has 0 aliphatic carbocycles. The van der Waals surface area contributed by atoms with Gasteiger partial charge >= 0.3 is 5.97 Å². The van der Waals surface area contributed by atoms with Crippen molar-refractivity contribution in [3.8, 4) is 5.75 Å². The van der Waals surface area contributed by atoms with Gasteiger partial charge in [0, 0.05) is 18.0 Å². The predicted molar refractivity (Wildman–Crippen MR) is 102 cm³/mol. The summed E-state index contributed by atoms with van der Waals surface area (Å²) in [5.74, 6) is -0.497. The number of rotatable bonds is 5. The van der Waals surface area contributed by atoms with Gasteiger partial charge in [0.1, 0.15) is 5.75 Å². The Hall–Kier alpha value is -3.51. The molecule has 0 bridgehead atoms. The van der Waals surface area contributed by atoms with Gasteiger partial charge in [-0.2, -0.15) is 5.10 Å². The molecule has 1 aromatic heterocycles. The van der Waals surface area contributed by atoms with Gasteiger partial charge in [0.05, 0.1) is 16.8 Å². The number of nitrogens with one attached hydrogen (secondary N) is 1. The Balaban J connectivity index is 1.58. The standard InChI is InChI=1S/C20H14ClN3O3/c21-18-4-2-1-3-17(18)20(26)27-16-7-5-14(6-8-16)13-23-24-19(25)15-9-11-22-12-10-15/h1-13H,(H,24,25)/b23-13+. The van der Waals surface area contributed by atoms with Crippen LogP contribution in [-0.4, -0.2) is 23.1 Å². The first-order valence-corrected chi connectivity index (χ1v) is 8.31. The van der Waals surface area contributed by atoms with Gasteiger partial charge < -0.3 is 4.74 Å². The van der Waals surface area contributed by atoms with E-state index in [0.29, 0.717) is 21.9 Å². The summed E-state index contributed by atoms with van der Waals surface area (Å²) < 4.78 is 5.29. The highest BCUT2D eigenvalue weighted by Gasteiger charge is 2.11. The lowest BCUT2D eigenvalue weighted by Gasteiger charge is -2.05. The Labute approximate surface area is 160 Å². The van der Waals surface area contributed by atoms with E-state index in [0.717, 1.165) is 5.56 Å². The lowest BCUT2D eigenvalue weighted by atomic mass is 10.2. The van der Waals surface area contributed by atoms with Crippen LogP contribution in [0, 0.1) is 0 Å². The highest BCUT2D eigenvalue weighted by molar-refractivity contribution is 6.33. The van der Waals surface area contributed by atoms with E-state index in [2.05, 4.69) is 15.5 Å². The summed E-state index contributed by atoms with van der Waals surface area (Å²) in [4.78, 5) is 27.8. The van der Waals surface area contributed by atoms with Crippen molar-refractivity contribution < 1.29 is 14.3 Å². The number of hydrogen-bond donors (Lipinski definition) is 1. The molecule has 0 saturated heterocycles. The highest BCUT2D eigenvalue weighted by Crippen LogP contribution is 2.18. The minimum atomic E-state index is -0.536. The van der Waals surface area contributed by atoms with Crippen LogP contribution in [0.3, 0.4) is 0 Å². The van der Waals surface area contributed by atoms with Gasteiger partial charge in [-0.05, 0) is 54.1 Å². The number of pyridine rings is 1. The van der Waals surface area contributed by atoms with Crippen LogP contribution in [0.15, 0.2) is 78.2 Å². The van der Waals surface area contributed by atoms with E-state index >= 15 is 0 Å². The van der Waals surface area contributed by atoms with Crippen LogP contribution in [0.25, 0.3) is 0 Å². The molecule has 0 radical (unpaired) electrons. The number of ether oxygens (including phenoxy) is 1. The molecule has 1 N–H and O–H groups in total. The van der Waals surface area contributed by atoms with Crippen molar-refractivity contribution in [2.75, 3.05) is 0 Å². The monoisotopic (exact) mass is 379 g/mol. The second-order valence-corrected chi connectivity index (χ2v) is 5.78. The number of benzene rings is 2. The average molecular weight is 380 g/mol. The van der Waals surface area contributed by atoms with Crippen molar-refractivity contribution in [3.05, 3.63) is 94.8 Å². The third kappa shape index (κ3) is 4.99. The molecule has 0 aliphatic heterocycles. The molecule has 2 aromatic carbocycles. The van der Waals surface area contributed by atoms with Crippen LogP contribution in [0.2, 0.25) is 5.02 Å². The van der Waals surface area contributed by atoms with Gasteiger partial charge in [0.2, 0.25) is 0 Å². The molecule has 3 aromatic rings. The summed E-state index contributed by atoms with van der Waals surface area (Å²) in [6, 6.07) is 16.5. The maximum absolute atomic E-state index is 12.1. The topological polar surface area (TPSA) is 80.6 Å². The van der Waals surface area contributed by atoms with Crippen molar-refractivity contribution in [2.45, 2.75) is 0 Å². The Morgan fingerprint density at radius 3 is 2.41 bits per heavy atom. The molecule has 0 spiro atoms. The fraction of sp³-hybridized carbons (Fsp3) is 0. The number of nitrogens with zero attached hydrogens (tertiary/aromatic N) is 2. The Morgan fingerprint density at radius 2 is 1.70 bits per heavy atom. The van der Waals surface area contributed by atoms with E-state index < -0.39 is 5.97 Å². The fourth-order valence-corrected chi connectivity index (χ4v) is 2.36. The summed E-state index contributed by atoms with van der Waals surface area (Å²) in [6.45, 7) is 0. The third-order valence-electron chi connectivity index (χ3n) is 3.51. The zero-order valence-corrected chi connectivity index (χ0v) is 14.8. The second-order valence-electron chi connectivity index (χ2n) is 5.37. The Morgan fingerprint density at radius 1 is 1.00 bits per heavy atom. The molecule has 0 unspecified atom stereocenters. The van der Waals surface area contributed by atoms with Gasteiger partial charge in [-0.1, -0.05) is 23.7 Å². The number of hydrazone groups is 1. The maximum atomic E-state index is 12.1. The molecule has 6 nitrogen and oxygen atoms in total. The lowest BCUT2D eigenvalue weighted by Crippen LogP contribution is -2.17. The van der Waals surface area contributed by atoms with Gasteiger partial charge in [-0.3, -0.25) is 9.78 Å². The Bertz CT molecular complexity index is 973. The van der Waals surface area contributed by atoms with Crippen molar-refractivity contribution in [1.29, 1.82) is 0 Å². The average Bonchev–Trinajstić information content (AvgIpc) is 2.70. The highest BCUT2D eigenvalue weighted by atomic mass is 35.5. The number of halogens is 1. The predicted octanol–water partition coefficient (Wildman–Crippen LogP) is 3.72. The molecule has 27 heavy (non-hydrogen) atoms. The zero-order chi connectivity index (χ0) is 19.1. The van der Waals surface area contributed by atoms with E-state index in [-0.39, 0.29) is 5.91 Å². The molecular formula is C20H14ClN3O3. The van der Waals surface area contributed by atoms with Gasteiger partial charge in [-0.25, -0.2) is 10.2 Å². The van der Waals surface area contributed by atoms with E-state index in [4.69, 9.17) is 16.3 Å². The van der Waals surface area contributed by atoms with Crippen LogP contribution >= 0.6 is 11.6 Å². The molecule has 1 amide bonds. The van der Waals surface area contributed by atoms with Crippen LogP contribution in [0.1, 0.15) is 26.3 Å². The summed E-state index contributed by atoms with van der Waals surface area (Å²) in [5.41, 5.74) is 3.91. The van der Waals surface area contributed by atoms with Crippen LogP contribution < -0.4 is 10.2 Å². The number of esters is 1. The van der Waals surface area contributed by atoms with Crippen molar-refractivity contribution in [2.24, 2.45) is 5.10 Å². The van der Waals surface area contributed by atoms with Gasteiger partial charge in [-0.15, -0.1) is 0 Å². The smallest absolute Gasteiger partial charge is 0.345 e. The molecule has 7 heteroatoms. The van der Waals surface area contributed by atoms with Crippen molar-refractivity contribution in [3.63, 3.8) is 0 Å². The van der Waals surface area contributed by atoms with E-state index in [1.165, 1.54) is 18.6 Å². The third-order valence-corrected chi connectivity index (χ3v) is 3.84. The Kier molecular flexibility index (Phi) is 5.91. The second kappa shape index (κ2) is 8.73. The number of amides is 1. The first-order chi connectivity index (χ1) is 13.1. The summed E-state index contributed by atoms with van der Waals surface area (Å²) in [7, 11) is 0. The van der Waals surface area contributed by atoms with E-state index in [1.807, 2.05) is 0 Å². The summed E-state index contributed by atoms with van der Waals surface area (Å²) >= 11 is 5.98. The molecule has 0 atom stereocenters. The number of carbonyl (C=O) groups is 2. The minimum Gasteiger partial charge on any atom is -0.423 e. The normalized spacial score (nSPS) is 10.6. The molecular weight excluding hydrogens is 366 g/mol. The minimum absolute atomic E-state index is 0.295. The molecule has 0 aliphatic rings. The van der Waals surface area contributed by atoms with Gasteiger partial charge in [0.15, 0.2) is 0 Å². The summed E-state index contributed by atoms with van der Waals surface area (Å²) in [6.07, 6.45) is 4.54. The SMILES string of the molecule is O=C(N/N=C/c1ccc(OC(=O)c2ccccc2Cl)cc1)c1ccncc1. The summed E-state index contributed by atoms with van der Waals surface area (Å²) in [5, 5.41) is 4.23. The van der Waals surface area contributed by atoms with Crippen LogP contribution in [-0.2, 0) is 0 Å². The van der Waals surface area contributed by atoms with Crippen molar-refractivity contribution in [1.82, 2.24) is 10.4 Å². The molecule has 134 valence electrons. The number of hydrogen-bond acceptors (Lipinski definition) is 5. The maximum Gasteiger partial charge on any atom is 0.345 e.